The van der Waals surface area contributed by atoms with Gasteiger partial charge in [0.1, 0.15) is 11.8 Å². The molecule has 1 rings (SSSR count). The van der Waals surface area contributed by atoms with Gasteiger partial charge in [-0.15, -0.1) is 0 Å². The van der Waals surface area contributed by atoms with Crippen molar-refractivity contribution in [3.63, 3.8) is 0 Å². The first-order valence-corrected chi connectivity index (χ1v) is 4.12. The summed E-state index contributed by atoms with van der Waals surface area (Å²) in [5.41, 5.74) is 7.78. The van der Waals surface area contributed by atoms with Crippen molar-refractivity contribution in [2.75, 3.05) is 12.3 Å². The number of rotatable bonds is 2. The van der Waals surface area contributed by atoms with Crippen LogP contribution in [-0.4, -0.2) is 6.61 Å². The Morgan fingerprint density at radius 2 is 2.23 bits per heavy atom. The number of anilines is 1. The minimum Gasteiger partial charge on any atom is -0.492 e. The van der Waals surface area contributed by atoms with Crippen LogP contribution in [0.2, 0.25) is 0 Å². The molecule has 0 radical (unpaired) electrons. The normalized spacial score (nSPS) is 9.31. The van der Waals surface area contributed by atoms with Crippen LogP contribution in [0.15, 0.2) is 12.1 Å². The standard InChI is InChI=1S/C10H12N2O/c1-3-13-10-5-9(12)7(2)4-8(10)6-11/h4-5H,3,12H2,1-2H3. The molecule has 13 heavy (non-hydrogen) atoms. The summed E-state index contributed by atoms with van der Waals surface area (Å²) in [5.74, 6) is 0.563. The summed E-state index contributed by atoms with van der Waals surface area (Å²) >= 11 is 0. The van der Waals surface area contributed by atoms with E-state index >= 15 is 0 Å². The van der Waals surface area contributed by atoms with E-state index in [9.17, 15) is 0 Å². The molecule has 2 N–H and O–H groups in total. The third-order valence-electron chi connectivity index (χ3n) is 1.79. The van der Waals surface area contributed by atoms with Crippen LogP contribution < -0.4 is 10.5 Å². The van der Waals surface area contributed by atoms with Crippen molar-refractivity contribution in [2.45, 2.75) is 13.8 Å². The van der Waals surface area contributed by atoms with Crippen LogP contribution in [-0.2, 0) is 0 Å². The zero-order valence-corrected chi connectivity index (χ0v) is 7.79. The van der Waals surface area contributed by atoms with Gasteiger partial charge < -0.3 is 10.5 Å². The molecule has 0 unspecified atom stereocenters. The van der Waals surface area contributed by atoms with Crippen LogP contribution in [0.25, 0.3) is 0 Å². The Balaban J connectivity index is 3.18. The SMILES string of the molecule is CCOc1cc(N)c(C)cc1C#N. The van der Waals surface area contributed by atoms with Crippen molar-refractivity contribution >= 4 is 5.69 Å². The van der Waals surface area contributed by atoms with Gasteiger partial charge in [0.2, 0.25) is 0 Å². The zero-order valence-electron chi connectivity index (χ0n) is 7.79. The quantitative estimate of drug-likeness (QED) is 0.699. The molecular formula is C10H12N2O. The van der Waals surface area contributed by atoms with Gasteiger partial charge in [-0.2, -0.15) is 5.26 Å². The molecule has 0 fully saturated rings. The Bertz CT molecular complexity index is 353. The first kappa shape index (κ1) is 9.40. The van der Waals surface area contributed by atoms with Crippen molar-refractivity contribution in [3.8, 4) is 11.8 Å². The fraction of sp³-hybridized carbons (Fsp3) is 0.300. The van der Waals surface area contributed by atoms with Gasteiger partial charge in [-0.3, -0.25) is 0 Å². The van der Waals surface area contributed by atoms with Gasteiger partial charge in [0.25, 0.3) is 0 Å². The molecule has 0 aliphatic rings. The Labute approximate surface area is 77.7 Å². The lowest BCUT2D eigenvalue weighted by atomic mass is 10.1. The minimum atomic E-state index is 0.536. The molecule has 3 heteroatoms. The predicted molar refractivity (Wildman–Crippen MR) is 51.5 cm³/mol. The molecule has 0 aliphatic heterocycles. The number of nitriles is 1. The first-order chi connectivity index (χ1) is 6.19. The monoisotopic (exact) mass is 176 g/mol. The maximum Gasteiger partial charge on any atom is 0.139 e. The second-order valence-corrected chi connectivity index (χ2v) is 2.75. The fourth-order valence-electron chi connectivity index (χ4n) is 1.07. The van der Waals surface area contributed by atoms with E-state index in [1.807, 2.05) is 13.8 Å². The van der Waals surface area contributed by atoms with Gasteiger partial charge >= 0.3 is 0 Å². The molecule has 0 amide bonds. The van der Waals surface area contributed by atoms with E-state index in [4.69, 9.17) is 15.7 Å². The average molecular weight is 176 g/mol. The van der Waals surface area contributed by atoms with Crippen LogP contribution in [0.1, 0.15) is 18.1 Å². The van der Waals surface area contributed by atoms with E-state index in [1.165, 1.54) is 0 Å². The lowest BCUT2D eigenvalue weighted by Crippen LogP contribution is -1.98. The lowest BCUT2D eigenvalue weighted by molar-refractivity contribution is 0.339. The molecule has 1 aromatic rings. The van der Waals surface area contributed by atoms with Crippen LogP contribution in [0.5, 0.6) is 5.75 Å². The highest BCUT2D eigenvalue weighted by molar-refractivity contribution is 5.57. The summed E-state index contributed by atoms with van der Waals surface area (Å²) in [4.78, 5) is 0. The van der Waals surface area contributed by atoms with Gasteiger partial charge in [-0.25, -0.2) is 0 Å². The van der Waals surface area contributed by atoms with E-state index in [0.717, 1.165) is 5.56 Å². The van der Waals surface area contributed by atoms with Crippen LogP contribution in [0.4, 0.5) is 5.69 Å². The van der Waals surface area contributed by atoms with Gasteiger partial charge in [0.15, 0.2) is 0 Å². The summed E-state index contributed by atoms with van der Waals surface area (Å²) < 4.78 is 5.26. The van der Waals surface area contributed by atoms with Crippen molar-refractivity contribution < 1.29 is 4.74 Å². The maximum atomic E-state index is 8.79. The highest BCUT2D eigenvalue weighted by Crippen LogP contribution is 2.24. The summed E-state index contributed by atoms with van der Waals surface area (Å²) in [5, 5.41) is 8.79. The molecule has 0 aliphatic carbocycles. The largest absolute Gasteiger partial charge is 0.492 e. The number of ether oxygens (including phenoxy) is 1. The van der Waals surface area contributed by atoms with Crippen molar-refractivity contribution in [3.05, 3.63) is 23.3 Å². The van der Waals surface area contributed by atoms with Gasteiger partial charge in [-0.05, 0) is 25.5 Å². The molecule has 1 aromatic carbocycles. The Morgan fingerprint density at radius 3 is 2.77 bits per heavy atom. The maximum absolute atomic E-state index is 8.79. The fourth-order valence-corrected chi connectivity index (χ4v) is 1.07. The number of benzene rings is 1. The summed E-state index contributed by atoms with van der Waals surface area (Å²) in [7, 11) is 0. The molecule has 0 saturated carbocycles. The summed E-state index contributed by atoms with van der Waals surface area (Å²) in [6, 6.07) is 5.50. The van der Waals surface area contributed by atoms with E-state index in [-0.39, 0.29) is 0 Å². The number of nitrogens with two attached hydrogens (primary N) is 1. The van der Waals surface area contributed by atoms with E-state index < -0.39 is 0 Å². The molecule has 0 aromatic heterocycles. The van der Waals surface area contributed by atoms with Crippen molar-refractivity contribution in [1.29, 1.82) is 5.26 Å². The molecular weight excluding hydrogens is 164 g/mol. The molecule has 68 valence electrons. The number of nitrogens with zero attached hydrogens (tertiary/aromatic N) is 1. The Kier molecular flexibility index (Phi) is 2.76. The van der Waals surface area contributed by atoms with Gasteiger partial charge in [-0.1, -0.05) is 0 Å². The molecule has 0 heterocycles. The number of nitrogen functional groups attached to an aromatic ring is 1. The van der Waals surface area contributed by atoms with Crippen molar-refractivity contribution in [1.82, 2.24) is 0 Å². The van der Waals surface area contributed by atoms with Gasteiger partial charge in [0, 0.05) is 11.8 Å². The Hall–Kier alpha value is -1.69. The first-order valence-electron chi connectivity index (χ1n) is 4.12. The molecule has 3 nitrogen and oxygen atoms in total. The van der Waals surface area contributed by atoms with Crippen molar-refractivity contribution in [2.24, 2.45) is 0 Å². The van der Waals surface area contributed by atoms with Gasteiger partial charge in [0.05, 0.1) is 12.2 Å². The molecule has 0 spiro atoms. The van der Waals surface area contributed by atoms with E-state index in [0.29, 0.717) is 23.6 Å². The zero-order chi connectivity index (χ0) is 9.84. The second-order valence-electron chi connectivity index (χ2n) is 2.75. The molecule has 0 atom stereocenters. The predicted octanol–water partition coefficient (Wildman–Crippen LogP) is 1.85. The third-order valence-corrected chi connectivity index (χ3v) is 1.79. The Morgan fingerprint density at radius 1 is 1.54 bits per heavy atom. The number of hydrogen-bond acceptors (Lipinski definition) is 3. The lowest BCUT2D eigenvalue weighted by Gasteiger charge is -2.07. The van der Waals surface area contributed by atoms with Crippen LogP contribution in [0, 0.1) is 18.3 Å². The number of aryl methyl sites for hydroxylation is 1. The topological polar surface area (TPSA) is 59.0 Å². The highest BCUT2D eigenvalue weighted by Gasteiger charge is 2.05. The third kappa shape index (κ3) is 1.91. The minimum absolute atomic E-state index is 0.536. The summed E-state index contributed by atoms with van der Waals surface area (Å²) in [6.07, 6.45) is 0. The average Bonchev–Trinajstić information content (AvgIpc) is 2.11. The second kappa shape index (κ2) is 3.81. The van der Waals surface area contributed by atoms with Crippen LogP contribution >= 0.6 is 0 Å². The smallest absolute Gasteiger partial charge is 0.139 e. The highest BCUT2D eigenvalue weighted by atomic mass is 16.5. The number of hydrogen-bond donors (Lipinski definition) is 1. The molecule has 0 saturated heterocycles. The molecule has 0 bridgehead atoms. The van der Waals surface area contributed by atoms with E-state index in [1.54, 1.807) is 12.1 Å². The summed E-state index contributed by atoms with van der Waals surface area (Å²) in [6.45, 7) is 4.28. The van der Waals surface area contributed by atoms with Crippen LogP contribution in [0.3, 0.4) is 0 Å². The van der Waals surface area contributed by atoms with E-state index in [2.05, 4.69) is 6.07 Å².